The van der Waals surface area contributed by atoms with Gasteiger partial charge in [0.15, 0.2) is 0 Å². The fourth-order valence-corrected chi connectivity index (χ4v) is 2.77. The third kappa shape index (κ3) is 4.32. The van der Waals surface area contributed by atoms with Crippen molar-refractivity contribution in [2.45, 2.75) is 26.3 Å². The van der Waals surface area contributed by atoms with Crippen LogP contribution in [0.25, 0.3) is 0 Å². The van der Waals surface area contributed by atoms with Crippen LogP contribution in [0.5, 0.6) is 0 Å². The Labute approximate surface area is 121 Å². The number of primary amides is 1. The Bertz CT molecular complexity index is 424. The van der Waals surface area contributed by atoms with Gasteiger partial charge >= 0.3 is 0 Å². The first-order valence-electron chi connectivity index (χ1n) is 7.51. The maximum atomic E-state index is 11.1. The van der Waals surface area contributed by atoms with Gasteiger partial charge in [-0.2, -0.15) is 0 Å². The smallest absolute Gasteiger partial charge is 0.248 e. The number of nitrogens with one attached hydrogen (secondary N) is 1. The van der Waals surface area contributed by atoms with Crippen LogP contribution in [0.15, 0.2) is 24.3 Å². The molecule has 4 heteroatoms. The van der Waals surface area contributed by atoms with Crippen molar-refractivity contribution in [1.82, 2.24) is 10.2 Å². The molecule has 0 saturated carbocycles. The molecule has 1 aliphatic rings. The van der Waals surface area contributed by atoms with Gasteiger partial charge in [0, 0.05) is 18.7 Å². The Morgan fingerprint density at radius 1 is 1.30 bits per heavy atom. The molecule has 0 aromatic heterocycles. The molecule has 1 saturated heterocycles. The average molecular weight is 275 g/mol. The third-order valence-electron chi connectivity index (χ3n) is 4.07. The number of hydrogen-bond donors (Lipinski definition) is 2. The van der Waals surface area contributed by atoms with Crippen molar-refractivity contribution in [3.63, 3.8) is 0 Å². The SMILES string of the molecule is CCN(Cc1ccc(C(N)=O)cc1)CC1CCNCC1. The molecule has 0 unspecified atom stereocenters. The number of amides is 1. The molecule has 1 heterocycles. The van der Waals surface area contributed by atoms with Gasteiger partial charge in [-0.3, -0.25) is 9.69 Å². The van der Waals surface area contributed by atoms with E-state index in [2.05, 4.69) is 17.1 Å². The Balaban J connectivity index is 1.89. The molecule has 4 nitrogen and oxygen atoms in total. The summed E-state index contributed by atoms with van der Waals surface area (Å²) in [5, 5.41) is 3.41. The highest BCUT2D eigenvalue weighted by molar-refractivity contribution is 5.92. The zero-order valence-electron chi connectivity index (χ0n) is 12.3. The van der Waals surface area contributed by atoms with E-state index in [1.165, 1.54) is 18.4 Å². The lowest BCUT2D eigenvalue weighted by atomic mass is 9.97. The maximum Gasteiger partial charge on any atom is 0.248 e. The van der Waals surface area contributed by atoms with Gasteiger partial charge in [0.2, 0.25) is 5.91 Å². The number of rotatable bonds is 6. The van der Waals surface area contributed by atoms with Gasteiger partial charge in [0.05, 0.1) is 0 Å². The van der Waals surface area contributed by atoms with E-state index in [9.17, 15) is 4.79 Å². The molecule has 0 aliphatic carbocycles. The molecule has 1 aliphatic heterocycles. The molecule has 1 amide bonds. The number of nitrogens with zero attached hydrogens (tertiary/aromatic N) is 1. The first-order valence-corrected chi connectivity index (χ1v) is 7.51. The first kappa shape index (κ1) is 15.0. The quantitative estimate of drug-likeness (QED) is 0.829. The number of hydrogen-bond acceptors (Lipinski definition) is 3. The molecule has 0 spiro atoms. The van der Waals surface area contributed by atoms with E-state index >= 15 is 0 Å². The minimum atomic E-state index is -0.362. The van der Waals surface area contributed by atoms with Gasteiger partial charge in [-0.1, -0.05) is 19.1 Å². The van der Waals surface area contributed by atoms with Gasteiger partial charge < -0.3 is 11.1 Å². The average Bonchev–Trinajstić information content (AvgIpc) is 2.48. The molecule has 0 radical (unpaired) electrons. The molecule has 2 rings (SSSR count). The van der Waals surface area contributed by atoms with Crippen molar-refractivity contribution in [3.8, 4) is 0 Å². The zero-order valence-corrected chi connectivity index (χ0v) is 12.3. The summed E-state index contributed by atoms with van der Waals surface area (Å²) in [5.74, 6) is 0.444. The Morgan fingerprint density at radius 2 is 1.95 bits per heavy atom. The van der Waals surface area contributed by atoms with Crippen molar-refractivity contribution in [1.29, 1.82) is 0 Å². The van der Waals surface area contributed by atoms with E-state index in [0.29, 0.717) is 5.56 Å². The summed E-state index contributed by atoms with van der Waals surface area (Å²) in [6.45, 7) is 7.67. The fourth-order valence-electron chi connectivity index (χ4n) is 2.77. The lowest BCUT2D eigenvalue weighted by molar-refractivity contribution is 0.100. The standard InChI is InChI=1S/C16H25N3O/c1-2-19(12-14-7-9-18-10-8-14)11-13-3-5-15(6-4-13)16(17)20/h3-6,14,18H,2,7-12H2,1H3,(H2,17,20). The highest BCUT2D eigenvalue weighted by Gasteiger charge is 2.16. The monoisotopic (exact) mass is 275 g/mol. The third-order valence-corrected chi connectivity index (χ3v) is 4.07. The molecule has 0 atom stereocenters. The maximum absolute atomic E-state index is 11.1. The number of benzene rings is 1. The molecule has 1 fully saturated rings. The predicted molar refractivity (Wildman–Crippen MR) is 81.5 cm³/mol. The Kier molecular flexibility index (Phi) is 5.56. The molecule has 1 aromatic rings. The van der Waals surface area contributed by atoms with Gasteiger partial charge in [-0.25, -0.2) is 0 Å². The van der Waals surface area contributed by atoms with Crippen LogP contribution in [-0.4, -0.2) is 37.0 Å². The molecule has 20 heavy (non-hydrogen) atoms. The fraction of sp³-hybridized carbons (Fsp3) is 0.562. The topological polar surface area (TPSA) is 58.4 Å². The van der Waals surface area contributed by atoms with Crippen LogP contribution in [0, 0.1) is 5.92 Å². The Morgan fingerprint density at radius 3 is 2.50 bits per heavy atom. The summed E-state index contributed by atoms with van der Waals surface area (Å²) in [6, 6.07) is 7.64. The van der Waals surface area contributed by atoms with Gasteiger partial charge in [-0.05, 0) is 56.1 Å². The zero-order chi connectivity index (χ0) is 14.4. The van der Waals surface area contributed by atoms with Gasteiger partial charge in [-0.15, -0.1) is 0 Å². The first-order chi connectivity index (χ1) is 9.69. The van der Waals surface area contributed by atoms with E-state index in [0.717, 1.165) is 38.6 Å². The highest BCUT2D eigenvalue weighted by atomic mass is 16.1. The predicted octanol–water partition coefficient (Wildman–Crippen LogP) is 1.61. The van der Waals surface area contributed by atoms with Gasteiger partial charge in [0.25, 0.3) is 0 Å². The number of nitrogens with two attached hydrogens (primary N) is 1. The molecule has 0 bridgehead atoms. The van der Waals surface area contributed by atoms with Crippen molar-refractivity contribution in [2.24, 2.45) is 11.7 Å². The molecule has 3 N–H and O–H groups in total. The van der Waals surface area contributed by atoms with E-state index in [4.69, 9.17) is 5.73 Å². The minimum absolute atomic E-state index is 0.362. The summed E-state index contributed by atoms with van der Waals surface area (Å²) >= 11 is 0. The van der Waals surface area contributed by atoms with Crippen LogP contribution in [0.1, 0.15) is 35.7 Å². The van der Waals surface area contributed by atoms with Crippen molar-refractivity contribution >= 4 is 5.91 Å². The molecular formula is C16H25N3O. The summed E-state index contributed by atoms with van der Waals surface area (Å²) in [5.41, 5.74) is 7.08. The van der Waals surface area contributed by atoms with Crippen molar-refractivity contribution in [3.05, 3.63) is 35.4 Å². The van der Waals surface area contributed by atoms with E-state index in [-0.39, 0.29) is 5.91 Å². The second kappa shape index (κ2) is 7.41. The van der Waals surface area contributed by atoms with E-state index in [1.807, 2.05) is 24.3 Å². The van der Waals surface area contributed by atoms with Crippen LogP contribution >= 0.6 is 0 Å². The molecule has 110 valence electrons. The number of carbonyl (C=O) groups is 1. The van der Waals surface area contributed by atoms with Gasteiger partial charge in [0.1, 0.15) is 0 Å². The Hall–Kier alpha value is -1.39. The van der Waals surface area contributed by atoms with Crippen LogP contribution in [0.2, 0.25) is 0 Å². The number of piperidine rings is 1. The van der Waals surface area contributed by atoms with Crippen LogP contribution in [0.3, 0.4) is 0 Å². The lowest BCUT2D eigenvalue weighted by Crippen LogP contribution is -2.35. The molecular weight excluding hydrogens is 250 g/mol. The van der Waals surface area contributed by atoms with Crippen molar-refractivity contribution in [2.75, 3.05) is 26.2 Å². The second-order valence-corrected chi connectivity index (χ2v) is 5.58. The minimum Gasteiger partial charge on any atom is -0.366 e. The summed E-state index contributed by atoms with van der Waals surface area (Å²) in [7, 11) is 0. The summed E-state index contributed by atoms with van der Waals surface area (Å²) in [4.78, 5) is 13.5. The van der Waals surface area contributed by atoms with E-state index in [1.54, 1.807) is 0 Å². The van der Waals surface area contributed by atoms with Crippen molar-refractivity contribution < 1.29 is 4.79 Å². The second-order valence-electron chi connectivity index (χ2n) is 5.58. The normalized spacial score (nSPS) is 16.5. The van der Waals surface area contributed by atoms with Crippen LogP contribution < -0.4 is 11.1 Å². The van der Waals surface area contributed by atoms with E-state index < -0.39 is 0 Å². The lowest BCUT2D eigenvalue weighted by Gasteiger charge is -2.29. The number of carbonyl (C=O) groups excluding carboxylic acids is 1. The largest absolute Gasteiger partial charge is 0.366 e. The highest BCUT2D eigenvalue weighted by Crippen LogP contribution is 2.15. The molecule has 1 aromatic carbocycles. The summed E-state index contributed by atoms with van der Waals surface area (Å²) < 4.78 is 0. The van der Waals surface area contributed by atoms with Crippen LogP contribution in [0.4, 0.5) is 0 Å². The van der Waals surface area contributed by atoms with Crippen LogP contribution in [-0.2, 0) is 6.54 Å². The summed E-state index contributed by atoms with van der Waals surface area (Å²) in [6.07, 6.45) is 2.55.